The summed E-state index contributed by atoms with van der Waals surface area (Å²) in [4.78, 5) is 16.9. The molecule has 0 radical (unpaired) electrons. The predicted molar refractivity (Wildman–Crippen MR) is 80.6 cm³/mol. The van der Waals surface area contributed by atoms with Crippen molar-refractivity contribution >= 4 is 5.78 Å². The van der Waals surface area contributed by atoms with Crippen LogP contribution in [0.25, 0.3) is 0 Å². The van der Waals surface area contributed by atoms with Gasteiger partial charge in [0.1, 0.15) is 0 Å². The molecular formula is C16H26N2O. The molecule has 0 heterocycles. The number of hydrogen-bond acceptors (Lipinski definition) is 3. The number of rotatable bonds is 7. The normalized spacial score (nSPS) is 14.7. The van der Waals surface area contributed by atoms with Crippen molar-refractivity contribution in [3.63, 3.8) is 0 Å². The number of ketones is 1. The van der Waals surface area contributed by atoms with E-state index in [2.05, 4.69) is 37.7 Å². The molecule has 106 valence electrons. The van der Waals surface area contributed by atoms with Crippen LogP contribution in [0.2, 0.25) is 0 Å². The third-order valence-corrected chi connectivity index (χ3v) is 3.50. The Bertz CT molecular complexity index is 389. The number of benzene rings is 1. The van der Waals surface area contributed by atoms with Gasteiger partial charge in [-0.2, -0.15) is 0 Å². The average molecular weight is 262 g/mol. The molecular weight excluding hydrogens is 236 g/mol. The van der Waals surface area contributed by atoms with Crippen molar-refractivity contribution in [2.24, 2.45) is 0 Å². The summed E-state index contributed by atoms with van der Waals surface area (Å²) in [5, 5.41) is 0. The molecule has 0 fully saturated rings. The molecule has 0 N–H and O–H groups in total. The number of hydrogen-bond donors (Lipinski definition) is 0. The highest BCUT2D eigenvalue weighted by Gasteiger charge is 2.25. The molecule has 2 unspecified atom stereocenters. The van der Waals surface area contributed by atoms with Crippen molar-refractivity contribution in [3.05, 3.63) is 35.9 Å². The molecule has 0 aliphatic carbocycles. The van der Waals surface area contributed by atoms with Crippen LogP contribution in [0.3, 0.4) is 0 Å². The van der Waals surface area contributed by atoms with E-state index < -0.39 is 0 Å². The highest BCUT2D eigenvalue weighted by molar-refractivity contribution is 5.99. The number of carbonyl (C=O) groups is 1. The van der Waals surface area contributed by atoms with Crippen LogP contribution in [0.15, 0.2) is 30.3 Å². The van der Waals surface area contributed by atoms with Crippen LogP contribution in [0, 0.1) is 0 Å². The molecule has 1 aromatic carbocycles. The molecule has 1 aromatic rings. The summed E-state index contributed by atoms with van der Waals surface area (Å²) in [7, 11) is 4.13. The molecule has 0 amide bonds. The maximum Gasteiger partial charge on any atom is 0.179 e. The minimum Gasteiger partial charge on any atom is -0.308 e. The Labute approximate surface area is 117 Å². The lowest BCUT2D eigenvalue weighted by Crippen LogP contribution is -2.48. The van der Waals surface area contributed by atoms with Crippen molar-refractivity contribution in [1.29, 1.82) is 0 Å². The van der Waals surface area contributed by atoms with Crippen molar-refractivity contribution in [2.75, 3.05) is 27.2 Å². The van der Waals surface area contributed by atoms with Gasteiger partial charge in [-0.05, 0) is 34.5 Å². The average Bonchev–Trinajstić information content (AvgIpc) is 2.38. The lowest BCUT2D eigenvalue weighted by atomic mass is 10.0. The van der Waals surface area contributed by atoms with Gasteiger partial charge in [-0.15, -0.1) is 0 Å². The van der Waals surface area contributed by atoms with Crippen LogP contribution in [0.5, 0.6) is 0 Å². The Morgan fingerprint density at radius 3 is 2.21 bits per heavy atom. The van der Waals surface area contributed by atoms with Crippen LogP contribution in [0.1, 0.15) is 31.1 Å². The molecule has 0 saturated carbocycles. The topological polar surface area (TPSA) is 23.6 Å². The summed E-state index contributed by atoms with van der Waals surface area (Å²) < 4.78 is 0. The van der Waals surface area contributed by atoms with Gasteiger partial charge in [-0.1, -0.05) is 37.3 Å². The summed E-state index contributed by atoms with van der Waals surface area (Å²) in [5.74, 6) is 0.202. The fraction of sp³-hybridized carbons (Fsp3) is 0.562. The van der Waals surface area contributed by atoms with Crippen LogP contribution >= 0.6 is 0 Å². The molecule has 0 bridgehead atoms. The number of nitrogens with zero attached hydrogens (tertiary/aromatic N) is 2. The molecule has 19 heavy (non-hydrogen) atoms. The minimum absolute atomic E-state index is 0.0812. The van der Waals surface area contributed by atoms with Crippen molar-refractivity contribution in [1.82, 2.24) is 9.80 Å². The van der Waals surface area contributed by atoms with Gasteiger partial charge in [0.25, 0.3) is 0 Å². The Balaban J connectivity index is 2.78. The molecule has 0 saturated heterocycles. The van der Waals surface area contributed by atoms with E-state index in [0.29, 0.717) is 6.04 Å². The van der Waals surface area contributed by atoms with Gasteiger partial charge in [0.05, 0.1) is 6.04 Å². The van der Waals surface area contributed by atoms with E-state index >= 15 is 0 Å². The van der Waals surface area contributed by atoms with E-state index in [-0.39, 0.29) is 11.8 Å². The second kappa shape index (κ2) is 7.41. The first-order valence-electron chi connectivity index (χ1n) is 6.97. The fourth-order valence-corrected chi connectivity index (χ4v) is 2.59. The van der Waals surface area contributed by atoms with Gasteiger partial charge in [0.15, 0.2) is 5.78 Å². The zero-order valence-corrected chi connectivity index (χ0v) is 12.8. The molecule has 0 aromatic heterocycles. The Hall–Kier alpha value is -1.19. The van der Waals surface area contributed by atoms with Crippen LogP contribution in [-0.4, -0.2) is 54.9 Å². The SMILES string of the molecule is CCN(C(C)CN(C)C)C(C)C(=O)c1ccccc1. The first-order chi connectivity index (χ1) is 8.97. The zero-order chi connectivity index (χ0) is 14.4. The molecule has 3 heteroatoms. The van der Waals surface area contributed by atoms with Gasteiger partial charge >= 0.3 is 0 Å². The number of likely N-dealkylation sites (N-methyl/N-ethyl adjacent to an activating group) is 2. The summed E-state index contributed by atoms with van der Waals surface area (Å²) in [5.41, 5.74) is 0.797. The van der Waals surface area contributed by atoms with E-state index in [0.717, 1.165) is 18.7 Å². The van der Waals surface area contributed by atoms with E-state index in [9.17, 15) is 4.79 Å². The number of Topliss-reactive ketones (excluding diaryl/α,β-unsaturated/α-hetero) is 1. The van der Waals surface area contributed by atoms with E-state index in [1.807, 2.05) is 37.3 Å². The molecule has 0 spiro atoms. The predicted octanol–water partition coefficient (Wildman–Crippen LogP) is 2.53. The lowest BCUT2D eigenvalue weighted by Gasteiger charge is -2.34. The van der Waals surface area contributed by atoms with Gasteiger partial charge in [-0.3, -0.25) is 9.69 Å². The van der Waals surface area contributed by atoms with Crippen molar-refractivity contribution in [2.45, 2.75) is 32.9 Å². The first kappa shape index (κ1) is 15.9. The monoisotopic (exact) mass is 262 g/mol. The van der Waals surface area contributed by atoms with E-state index in [1.54, 1.807) is 0 Å². The number of carbonyl (C=O) groups excluding carboxylic acids is 1. The summed E-state index contributed by atoms with van der Waals surface area (Å²) >= 11 is 0. The largest absolute Gasteiger partial charge is 0.308 e. The Morgan fingerprint density at radius 2 is 1.74 bits per heavy atom. The standard InChI is InChI=1S/C16H26N2O/c1-6-18(13(2)12-17(4)5)14(3)16(19)15-10-8-7-9-11-15/h7-11,13-14H,6,12H2,1-5H3. The van der Waals surface area contributed by atoms with E-state index in [1.165, 1.54) is 0 Å². The highest BCUT2D eigenvalue weighted by atomic mass is 16.1. The Morgan fingerprint density at radius 1 is 1.16 bits per heavy atom. The van der Waals surface area contributed by atoms with Gasteiger partial charge < -0.3 is 4.90 Å². The summed E-state index contributed by atoms with van der Waals surface area (Å²) in [6.07, 6.45) is 0. The first-order valence-corrected chi connectivity index (χ1v) is 6.97. The van der Waals surface area contributed by atoms with Crippen LogP contribution in [0.4, 0.5) is 0 Å². The van der Waals surface area contributed by atoms with Crippen molar-refractivity contribution in [3.8, 4) is 0 Å². The Kier molecular flexibility index (Phi) is 6.19. The second-order valence-corrected chi connectivity index (χ2v) is 5.35. The zero-order valence-electron chi connectivity index (χ0n) is 12.8. The van der Waals surface area contributed by atoms with Crippen LogP contribution < -0.4 is 0 Å². The van der Waals surface area contributed by atoms with Gasteiger partial charge in [-0.25, -0.2) is 0 Å². The quantitative estimate of drug-likeness (QED) is 0.706. The highest BCUT2D eigenvalue weighted by Crippen LogP contribution is 2.12. The molecule has 0 aliphatic heterocycles. The van der Waals surface area contributed by atoms with Crippen molar-refractivity contribution < 1.29 is 4.79 Å². The second-order valence-electron chi connectivity index (χ2n) is 5.35. The smallest absolute Gasteiger partial charge is 0.179 e. The summed E-state index contributed by atoms with van der Waals surface area (Å²) in [6.45, 7) is 8.14. The molecule has 3 nitrogen and oxygen atoms in total. The fourth-order valence-electron chi connectivity index (χ4n) is 2.59. The van der Waals surface area contributed by atoms with Gasteiger partial charge in [0.2, 0.25) is 0 Å². The van der Waals surface area contributed by atoms with Gasteiger partial charge in [0, 0.05) is 18.2 Å². The maximum absolute atomic E-state index is 12.5. The molecule has 1 rings (SSSR count). The molecule has 2 atom stereocenters. The summed E-state index contributed by atoms with van der Waals surface area (Å²) in [6, 6.07) is 9.84. The maximum atomic E-state index is 12.5. The third-order valence-electron chi connectivity index (χ3n) is 3.50. The van der Waals surface area contributed by atoms with E-state index in [4.69, 9.17) is 0 Å². The third kappa shape index (κ3) is 4.44. The van der Waals surface area contributed by atoms with Crippen LogP contribution in [-0.2, 0) is 0 Å². The molecule has 0 aliphatic rings. The lowest BCUT2D eigenvalue weighted by molar-refractivity contribution is 0.0756. The minimum atomic E-state index is -0.0812.